The van der Waals surface area contributed by atoms with Crippen LogP contribution in [0.15, 0.2) is 41.5 Å². The highest BCUT2D eigenvalue weighted by atomic mass is 32.1. The number of aryl methyl sites for hydroxylation is 1. The number of nitrogens with one attached hydrogen (secondary N) is 1. The molecule has 1 heterocycles. The Hall–Kier alpha value is -2.34. The van der Waals surface area contributed by atoms with Crippen LogP contribution < -0.4 is 10.2 Å². The van der Waals surface area contributed by atoms with Crippen LogP contribution in [0.1, 0.15) is 15.3 Å². The topological polar surface area (TPSA) is 59.9 Å². The number of carbonyl (C=O) groups is 1. The van der Waals surface area contributed by atoms with E-state index in [0.717, 1.165) is 16.2 Å². The van der Waals surface area contributed by atoms with E-state index in [2.05, 4.69) is 10.5 Å². The lowest BCUT2D eigenvalue weighted by Crippen LogP contribution is -2.18. The van der Waals surface area contributed by atoms with Gasteiger partial charge < -0.3 is 9.47 Å². The number of rotatable bonds is 5. The van der Waals surface area contributed by atoms with Gasteiger partial charge in [-0.05, 0) is 36.8 Å². The molecule has 5 nitrogen and oxygen atoms in total. The summed E-state index contributed by atoms with van der Waals surface area (Å²) >= 11 is 1.60. The molecule has 0 aliphatic carbocycles. The van der Waals surface area contributed by atoms with Gasteiger partial charge in [-0.3, -0.25) is 0 Å². The maximum atomic E-state index is 11.5. The van der Waals surface area contributed by atoms with Gasteiger partial charge in [-0.1, -0.05) is 12.1 Å². The fraction of sp³-hybridized carbons (Fsp3) is 0.200. The molecule has 21 heavy (non-hydrogen) atoms. The zero-order valence-electron chi connectivity index (χ0n) is 11.8. The second-order valence-electron chi connectivity index (χ2n) is 4.24. The fourth-order valence-corrected chi connectivity index (χ4v) is 2.32. The summed E-state index contributed by atoms with van der Waals surface area (Å²) in [5, 5.41) is 3.84. The van der Waals surface area contributed by atoms with Crippen LogP contribution in [0.3, 0.4) is 0 Å². The molecular formula is C15H16N2O3S. The van der Waals surface area contributed by atoms with E-state index in [1.54, 1.807) is 24.7 Å². The summed E-state index contributed by atoms with van der Waals surface area (Å²) in [6, 6.07) is 11.2. The number of methoxy groups -OCH3 is 1. The van der Waals surface area contributed by atoms with Gasteiger partial charge >= 0.3 is 6.09 Å². The largest absolute Gasteiger partial charge is 0.497 e. The van der Waals surface area contributed by atoms with Gasteiger partial charge in [0, 0.05) is 9.75 Å². The molecule has 1 N–H and O–H groups in total. The molecule has 1 amide bonds. The first-order valence-electron chi connectivity index (χ1n) is 6.32. The summed E-state index contributed by atoms with van der Waals surface area (Å²) in [6.07, 6.45) is 1.00. The molecular weight excluding hydrogens is 288 g/mol. The lowest BCUT2D eigenvalue weighted by Gasteiger charge is -2.04. The number of hydrogen-bond donors (Lipinski definition) is 1. The molecule has 0 aliphatic rings. The van der Waals surface area contributed by atoms with Gasteiger partial charge in [-0.2, -0.15) is 5.10 Å². The van der Waals surface area contributed by atoms with Gasteiger partial charge in [0.2, 0.25) is 0 Å². The lowest BCUT2D eigenvalue weighted by atomic mass is 10.2. The molecule has 0 atom stereocenters. The van der Waals surface area contributed by atoms with E-state index in [4.69, 9.17) is 9.47 Å². The predicted octanol–water partition coefficient (Wildman–Crippen LogP) is 3.33. The number of hydrazone groups is 1. The molecule has 6 heteroatoms. The minimum Gasteiger partial charge on any atom is -0.497 e. The van der Waals surface area contributed by atoms with Gasteiger partial charge in [-0.15, -0.1) is 11.3 Å². The van der Waals surface area contributed by atoms with Crippen molar-refractivity contribution in [2.45, 2.75) is 13.5 Å². The van der Waals surface area contributed by atoms with Crippen molar-refractivity contribution in [3.05, 3.63) is 51.7 Å². The van der Waals surface area contributed by atoms with Gasteiger partial charge in [0.15, 0.2) is 0 Å². The van der Waals surface area contributed by atoms with Crippen molar-refractivity contribution in [1.29, 1.82) is 0 Å². The van der Waals surface area contributed by atoms with Crippen LogP contribution in [0.25, 0.3) is 0 Å². The first kappa shape index (κ1) is 15.1. The molecule has 0 unspecified atom stereocenters. The first-order chi connectivity index (χ1) is 10.2. The Balaban J connectivity index is 1.75. The Morgan fingerprint density at radius 1 is 1.29 bits per heavy atom. The minimum absolute atomic E-state index is 0.184. The Labute approximate surface area is 127 Å². The van der Waals surface area contributed by atoms with Crippen LogP contribution in [0.4, 0.5) is 4.79 Å². The van der Waals surface area contributed by atoms with Crippen LogP contribution in [0, 0.1) is 6.92 Å². The van der Waals surface area contributed by atoms with E-state index in [9.17, 15) is 4.79 Å². The van der Waals surface area contributed by atoms with Crippen molar-refractivity contribution in [3.8, 4) is 5.75 Å². The summed E-state index contributed by atoms with van der Waals surface area (Å²) < 4.78 is 10.1. The van der Waals surface area contributed by atoms with Gasteiger partial charge in [-0.25, -0.2) is 10.2 Å². The Morgan fingerprint density at radius 3 is 2.67 bits per heavy atom. The quantitative estimate of drug-likeness (QED) is 0.681. The molecule has 0 fully saturated rings. The molecule has 0 radical (unpaired) electrons. The normalized spacial score (nSPS) is 10.6. The second-order valence-corrected chi connectivity index (χ2v) is 5.56. The van der Waals surface area contributed by atoms with E-state index in [0.29, 0.717) is 0 Å². The second kappa shape index (κ2) is 7.44. The molecule has 2 aromatic rings. The fourth-order valence-electron chi connectivity index (χ4n) is 1.57. The highest BCUT2D eigenvalue weighted by molar-refractivity contribution is 7.13. The van der Waals surface area contributed by atoms with Crippen molar-refractivity contribution in [3.63, 3.8) is 0 Å². The van der Waals surface area contributed by atoms with Crippen LogP contribution in [0.2, 0.25) is 0 Å². The summed E-state index contributed by atoms with van der Waals surface area (Å²) in [5.74, 6) is 0.763. The molecule has 0 saturated heterocycles. The molecule has 2 rings (SSSR count). The third kappa shape index (κ3) is 4.92. The Kier molecular flexibility index (Phi) is 5.34. The monoisotopic (exact) mass is 304 g/mol. The predicted molar refractivity (Wildman–Crippen MR) is 83.0 cm³/mol. The average molecular weight is 304 g/mol. The molecule has 0 spiro atoms. The number of carbonyl (C=O) groups excluding carboxylic acids is 1. The number of benzene rings is 1. The van der Waals surface area contributed by atoms with Crippen LogP contribution in [-0.2, 0) is 11.3 Å². The van der Waals surface area contributed by atoms with Gasteiger partial charge in [0.25, 0.3) is 0 Å². The van der Waals surface area contributed by atoms with E-state index < -0.39 is 6.09 Å². The van der Waals surface area contributed by atoms with Crippen molar-refractivity contribution < 1.29 is 14.3 Å². The number of amides is 1. The van der Waals surface area contributed by atoms with Crippen LogP contribution in [0.5, 0.6) is 5.75 Å². The summed E-state index contributed by atoms with van der Waals surface area (Å²) in [5.41, 5.74) is 3.20. The SMILES string of the molecule is COc1ccc(COC(=O)NN=Cc2ccc(C)s2)cc1. The molecule has 0 bridgehead atoms. The molecule has 0 aliphatic heterocycles. The average Bonchev–Trinajstić information content (AvgIpc) is 2.91. The van der Waals surface area contributed by atoms with Crippen LogP contribution in [-0.4, -0.2) is 19.4 Å². The third-order valence-electron chi connectivity index (χ3n) is 2.64. The smallest absolute Gasteiger partial charge is 0.428 e. The van der Waals surface area contributed by atoms with Crippen molar-refractivity contribution in [2.75, 3.05) is 7.11 Å². The number of ether oxygens (including phenoxy) is 2. The summed E-state index contributed by atoms with van der Waals surface area (Å²) in [6.45, 7) is 2.20. The zero-order chi connectivity index (χ0) is 15.1. The number of nitrogens with zero attached hydrogens (tertiary/aromatic N) is 1. The number of hydrogen-bond acceptors (Lipinski definition) is 5. The maximum absolute atomic E-state index is 11.5. The first-order valence-corrected chi connectivity index (χ1v) is 7.14. The minimum atomic E-state index is -0.588. The van der Waals surface area contributed by atoms with Crippen molar-refractivity contribution in [1.82, 2.24) is 5.43 Å². The van der Waals surface area contributed by atoms with E-state index >= 15 is 0 Å². The van der Waals surface area contributed by atoms with Crippen LogP contribution >= 0.6 is 11.3 Å². The van der Waals surface area contributed by atoms with Gasteiger partial charge in [0.1, 0.15) is 12.4 Å². The van der Waals surface area contributed by atoms with Crippen molar-refractivity contribution >= 4 is 23.6 Å². The highest BCUT2D eigenvalue weighted by Gasteiger charge is 2.01. The zero-order valence-corrected chi connectivity index (χ0v) is 12.6. The molecule has 1 aromatic heterocycles. The van der Waals surface area contributed by atoms with Gasteiger partial charge in [0.05, 0.1) is 13.3 Å². The third-order valence-corrected chi connectivity index (χ3v) is 3.57. The molecule has 110 valence electrons. The summed E-state index contributed by atoms with van der Waals surface area (Å²) in [4.78, 5) is 13.6. The standard InChI is InChI=1S/C15H16N2O3S/c1-11-3-8-14(21-11)9-16-17-15(18)20-10-12-4-6-13(19-2)7-5-12/h3-9H,10H2,1-2H3,(H,17,18). The highest BCUT2D eigenvalue weighted by Crippen LogP contribution is 2.13. The molecule has 0 saturated carbocycles. The molecule has 1 aromatic carbocycles. The lowest BCUT2D eigenvalue weighted by molar-refractivity contribution is 0.140. The summed E-state index contributed by atoms with van der Waals surface area (Å²) in [7, 11) is 1.60. The number of thiophene rings is 1. The van der Waals surface area contributed by atoms with E-state index in [1.807, 2.05) is 43.3 Å². The Bertz CT molecular complexity index is 620. The van der Waals surface area contributed by atoms with E-state index in [-0.39, 0.29) is 6.61 Å². The van der Waals surface area contributed by atoms with Crippen molar-refractivity contribution in [2.24, 2.45) is 5.10 Å². The Morgan fingerprint density at radius 2 is 2.05 bits per heavy atom. The van der Waals surface area contributed by atoms with E-state index in [1.165, 1.54) is 4.88 Å². The maximum Gasteiger partial charge on any atom is 0.428 e.